The average Bonchev–Trinajstić information content (AvgIpc) is 3.21. The van der Waals surface area contributed by atoms with Gasteiger partial charge in [0.15, 0.2) is 0 Å². The zero-order chi connectivity index (χ0) is 14.8. The van der Waals surface area contributed by atoms with Crippen molar-refractivity contribution in [2.75, 3.05) is 19.7 Å². The summed E-state index contributed by atoms with van der Waals surface area (Å²) in [5, 5.41) is 6.16. The maximum atomic E-state index is 6.22. The second-order valence-corrected chi connectivity index (χ2v) is 6.85. The minimum atomic E-state index is 0.0529. The fourth-order valence-corrected chi connectivity index (χ4v) is 3.97. The predicted octanol–water partition coefficient (Wildman–Crippen LogP) is 1.87. The van der Waals surface area contributed by atoms with Gasteiger partial charge in [0.05, 0.1) is 17.9 Å². The number of likely N-dealkylation sites (tertiary alicyclic amines) is 1. The van der Waals surface area contributed by atoms with Crippen LogP contribution in [-0.2, 0) is 11.3 Å². The second-order valence-electron chi connectivity index (χ2n) is 6.24. The van der Waals surface area contributed by atoms with Crippen LogP contribution in [0.4, 0.5) is 0 Å². The van der Waals surface area contributed by atoms with Crippen molar-refractivity contribution >= 4 is 11.5 Å². The highest BCUT2D eigenvalue weighted by Crippen LogP contribution is 2.42. The van der Waals surface area contributed by atoms with Crippen molar-refractivity contribution in [2.24, 2.45) is 0 Å². The Hall–Kier alpha value is -1.44. The van der Waals surface area contributed by atoms with Gasteiger partial charge in [-0.1, -0.05) is 4.49 Å². The molecule has 4 rings (SSSR count). The lowest BCUT2D eigenvalue weighted by Gasteiger charge is -2.38. The van der Waals surface area contributed by atoms with Gasteiger partial charge in [-0.15, -0.1) is 5.10 Å². The van der Waals surface area contributed by atoms with Crippen molar-refractivity contribution in [3.05, 3.63) is 35.4 Å². The molecule has 1 spiro atoms. The van der Waals surface area contributed by atoms with E-state index in [2.05, 4.69) is 24.5 Å². The van der Waals surface area contributed by atoms with Gasteiger partial charge in [0.25, 0.3) is 0 Å². The number of hydrogen-bond donors (Lipinski definition) is 0. The van der Waals surface area contributed by atoms with E-state index >= 15 is 0 Å². The molecule has 1 atom stereocenters. The Morgan fingerprint density at radius 1 is 1.27 bits per heavy atom. The van der Waals surface area contributed by atoms with Gasteiger partial charge >= 0.3 is 0 Å². The summed E-state index contributed by atoms with van der Waals surface area (Å²) in [7, 11) is 0. The summed E-state index contributed by atoms with van der Waals surface area (Å²) in [5.74, 6) is 0.440. The van der Waals surface area contributed by atoms with Gasteiger partial charge < -0.3 is 4.74 Å². The smallest absolute Gasteiger partial charge is 0.115 e. The largest absolute Gasteiger partial charge is 0.374 e. The van der Waals surface area contributed by atoms with Crippen LogP contribution in [0.2, 0.25) is 0 Å². The Morgan fingerprint density at radius 3 is 2.82 bits per heavy atom. The monoisotopic (exact) mass is 317 g/mol. The summed E-state index contributed by atoms with van der Waals surface area (Å²) in [6.07, 6.45) is 8.70. The first-order chi connectivity index (χ1) is 10.8. The maximum Gasteiger partial charge on any atom is 0.115 e. The summed E-state index contributed by atoms with van der Waals surface area (Å²) >= 11 is 1.42. The molecule has 4 heterocycles. The lowest BCUT2D eigenvalue weighted by atomic mass is 9.84. The molecule has 2 aliphatic rings. The van der Waals surface area contributed by atoms with Crippen molar-refractivity contribution in [1.82, 2.24) is 24.5 Å². The standard InChI is InChI=1S/C15H19N5OS/c1-3-20(8-14-10-22-19-18-14)4-2-15(1)5-12(9-21-15)13-6-16-11-17-7-13/h6-7,10-12H,1-5,8-9H2. The summed E-state index contributed by atoms with van der Waals surface area (Å²) in [5.41, 5.74) is 2.33. The number of hydrogen-bond acceptors (Lipinski definition) is 7. The molecule has 2 aromatic heterocycles. The first kappa shape index (κ1) is 14.2. The molecule has 7 heteroatoms. The lowest BCUT2D eigenvalue weighted by molar-refractivity contribution is -0.0450. The van der Waals surface area contributed by atoms with Gasteiger partial charge in [-0.05, 0) is 36.4 Å². The van der Waals surface area contributed by atoms with Gasteiger partial charge in [-0.3, -0.25) is 4.90 Å². The topological polar surface area (TPSA) is 64.0 Å². The minimum absolute atomic E-state index is 0.0529. The fourth-order valence-electron chi connectivity index (χ4n) is 3.53. The summed E-state index contributed by atoms with van der Waals surface area (Å²) in [6.45, 7) is 3.83. The van der Waals surface area contributed by atoms with Crippen LogP contribution < -0.4 is 0 Å². The molecule has 0 N–H and O–H groups in total. The Labute approximate surface area is 133 Å². The van der Waals surface area contributed by atoms with E-state index in [1.807, 2.05) is 17.8 Å². The average molecular weight is 317 g/mol. The molecule has 0 saturated carbocycles. The quantitative estimate of drug-likeness (QED) is 0.861. The van der Waals surface area contributed by atoms with Gasteiger partial charge in [-0.25, -0.2) is 9.97 Å². The first-order valence-corrected chi connectivity index (χ1v) is 8.54. The van der Waals surface area contributed by atoms with E-state index < -0.39 is 0 Å². The third-order valence-corrected chi connectivity index (χ3v) is 5.37. The number of piperidine rings is 1. The Balaban J connectivity index is 1.35. The molecule has 0 radical (unpaired) electrons. The van der Waals surface area contributed by atoms with Crippen LogP contribution in [0.15, 0.2) is 24.1 Å². The molecule has 1 unspecified atom stereocenters. The lowest BCUT2D eigenvalue weighted by Crippen LogP contribution is -2.43. The Kier molecular flexibility index (Phi) is 3.85. The zero-order valence-corrected chi connectivity index (χ0v) is 13.2. The zero-order valence-electron chi connectivity index (χ0n) is 12.4. The molecule has 116 valence electrons. The Bertz CT molecular complexity index is 598. The molecule has 0 amide bonds. The molecular formula is C15H19N5OS. The first-order valence-electron chi connectivity index (χ1n) is 7.70. The predicted molar refractivity (Wildman–Crippen MR) is 82.5 cm³/mol. The van der Waals surface area contributed by atoms with Crippen LogP contribution in [0.5, 0.6) is 0 Å². The SMILES string of the molecule is c1ncc(C2COC3(CCN(Cc4csnn4)CC3)C2)cn1. The highest BCUT2D eigenvalue weighted by molar-refractivity contribution is 7.03. The fraction of sp³-hybridized carbons (Fsp3) is 0.600. The molecular weight excluding hydrogens is 298 g/mol. The van der Waals surface area contributed by atoms with Crippen LogP contribution >= 0.6 is 11.5 Å². The molecule has 0 aliphatic carbocycles. The van der Waals surface area contributed by atoms with E-state index in [0.29, 0.717) is 5.92 Å². The maximum absolute atomic E-state index is 6.22. The third kappa shape index (κ3) is 2.88. The highest BCUT2D eigenvalue weighted by Gasteiger charge is 2.43. The van der Waals surface area contributed by atoms with Crippen molar-refractivity contribution in [2.45, 2.75) is 37.3 Å². The van der Waals surface area contributed by atoms with E-state index in [-0.39, 0.29) is 5.60 Å². The number of aromatic nitrogens is 4. The van der Waals surface area contributed by atoms with Crippen molar-refractivity contribution < 1.29 is 4.74 Å². The van der Waals surface area contributed by atoms with E-state index in [0.717, 1.165) is 51.2 Å². The third-order valence-electron chi connectivity index (χ3n) is 4.82. The van der Waals surface area contributed by atoms with Crippen molar-refractivity contribution in [3.63, 3.8) is 0 Å². The molecule has 2 aliphatic heterocycles. The van der Waals surface area contributed by atoms with Gasteiger partial charge in [0.1, 0.15) is 6.33 Å². The van der Waals surface area contributed by atoms with E-state index in [1.54, 1.807) is 6.33 Å². The number of ether oxygens (including phenoxy) is 1. The number of nitrogens with zero attached hydrogens (tertiary/aromatic N) is 5. The summed E-state index contributed by atoms with van der Waals surface area (Å²) in [6, 6.07) is 0. The minimum Gasteiger partial charge on any atom is -0.374 e. The highest BCUT2D eigenvalue weighted by atomic mass is 32.1. The molecule has 2 fully saturated rings. The van der Waals surface area contributed by atoms with Crippen molar-refractivity contribution in [3.8, 4) is 0 Å². The molecule has 0 aromatic carbocycles. The van der Waals surface area contributed by atoms with E-state index in [4.69, 9.17) is 4.74 Å². The molecule has 2 aromatic rings. The molecule has 22 heavy (non-hydrogen) atoms. The molecule has 0 bridgehead atoms. The van der Waals surface area contributed by atoms with Crippen LogP contribution in [-0.4, -0.2) is 49.8 Å². The summed E-state index contributed by atoms with van der Waals surface area (Å²) < 4.78 is 10.2. The second kappa shape index (κ2) is 5.98. The van der Waals surface area contributed by atoms with Crippen LogP contribution in [0.25, 0.3) is 0 Å². The van der Waals surface area contributed by atoms with Gasteiger partial charge in [0.2, 0.25) is 0 Å². The Morgan fingerprint density at radius 2 is 2.09 bits per heavy atom. The number of rotatable bonds is 3. The normalized spacial score (nSPS) is 24.8. The van der Waals surface area contributed by atoms with Gasteiger partial charge in [0, 0.05) is 43.3 Å². The van der Waals surface area contributed by atoms with E-state index in [9.17, 15) is 0 Å². The van der Waals surface area contributed by atoms with Crippen LogP contribution in [0, 0.1) is 0 Å². The van der Waals surface area contributed by atoms with Crippen LogP contribution in [0.1, 0.15) is 36.4 Å². The van der Waals surface area contributed by atoms with Crippen LogP contribution in [0.3, 0.4) is 0 Å². The summed E-state index contributed by atoms with van der Waals surface area (Å²) in [4.78, 5) is 10.7. The molecule has 6 nitrogen and oxygen atoms in total. The van der Waals surface area contributed by atoms with Gasteiger partial charge in [-0.2, -0.15) is 0 Å². The molecule has 2 saturated heterocycles. The van der Waals surface area contributed by atoms with E-state index in [1.165, 1.54) is 17.1 Å². The van der Waals surface area contributed by atoms with Crippen molar-refractivity contribution in [1.29, 1.82) is 0 Å².